The van der Waals surface area contributed by atoms with Crippen LogP contribution in [0.15, 0.2) is 54.6 Å². The summed E-state index contributed by atoms with van der Waals surface area (Å²) in [5.74, 6) is 0.506. The molecule has 2 rings (SSSR count). The summed E-state index contributed by atoms with van der Waals surface area (Å²) in [6, 6.07) is 13.2. The first kappa shape index (κ1) is 14.4. The Morgan fingerprint density at radius 2 is 1.55 bits per heavy atom. The van der Waals surface area contributed by atoms with Crippen molar-refractivity contribution in [1.82, 2.24) is 0 Å². The minimum atomic E-state index is -4.44. The first-order chi connectivity index (χ1) is 9.47. The van der Waals surface area contributed by atoms with Gasteiger partial charge in [0.05, 0.1) is 0 Å². The molecule has 0 saturated carbocycles. The molecule has 5 heteroatoms. The van der Waals surface area contributed by atoms with E-state index in [1.807, 2.05) is 30.3 Å². The Morgan fingerprint density at radius 3 is 2.10 bits per heavy atom. The Morgan fingerprint density at radius 1 is 0.950 bits per heavy atom. The number of hydrogen-bond donors (Lipinski definition) is 1. The topological polar surface area (TPSA) is 35.2 Å². The maximum Gasteiger partial charge on any atom is 0.407 e. The molecule has 0 radical (unpaired) electrons. The van der Waals surface area contributed by atoms with Gasteiger partial charge in [-0.15, -0.1) is 0 Å². The maximum atomic E-state index is 12.4. The standard InChI is InChI=1S/C15H14F3NO/c16-15(17,18)14(19)12-6-8-13(9-7-12)20-10-11-4-2-1-3-5-11/h1-9,14H,10,19H2/t14-/m1/s1. The van der Waals surface area contributed by atoms with E-state index < -0.39 is 12.2 Å². The van der Waals surface area contributed by atoms with E-state index in [4.69, 9.17) is 10.5 Å². The summed E-state index contributed by atoms with van der Waals surface area (Å²) in [6.07, 6.45) is -4.44. The summed E-state index contributed by atoms with van der Waals surface area (Å²) in [4.78, 5) is 0. The van der Waals surface area contributed by atoms with Gasteiger partial charge < -0.3 is 10.5 Å². The first-order valence-electron chi connectivity index (χ1n) is 6.06. The molecule has 0 aliphatic carbocycles. The molecule has 2 aromatic rings. The number of rotatable bonds is 4. The predicted octanol–water partition coefficient (Wildman–Crippen LogP) is 3.83. The van der Waals surface area contributed by atoms with Gasteiger partial charge in [0, 0.05) is 0 Å². The van der Waals surface area contributed by atoms with Crippen LogP contribution in [0.4, 0.5) is 13.2 Å². The van der Waals surface area contributed by atoms with Gasteiger partial charge in [-0.1, -0.05) is 42.5 Å². The average Bonchev–Trinajstić information content (AvgIpc) is 2.45. The van der Waals surface area contributed by atoms with E-state index >= 15 is 0 Å². The third-order valence-electron chi connectivity index (χ3n) is 2.84. The van der Waals surface area contributed by atoms with Gasteiger partial charge in [0.2, 0.25) is 0 Å². The molecule has 0 aromatic heterocycles. The van der Waals surface area contributed by atoms with Crippen molar-refractivity contribution in [2.24, 2.45) is 5.73 Å². The SMILES string of the molecule is N[C@H](c1ccc(OCc2ccccc2)cc1)C(F)(F)F. The molecule has 2 N–H and O–H groups in total. The van der Waals surface area contributed by atoms with Gasteiger partial charge in [0.15, 0.2) is 0 Å². The Balaban J connectivity index is 1.98. The highest BCUT2D eigenvalue weighted by Gasteiger charge is 2.37. The Labute approximate surface area is 115 Å². The summed E-state index contributed by atoms with van der Waals surface area (Å²) in [7, 11) is 0. The zero-order chi connectivity index (χ0) is 14.6. The Kier molecular flexibility index (Phi) is 4.29. The van der Waals surface area contributed by atoms with E-state index in [9.17, 15) is 13.2 Å². The molecular weight excluding hydrogens is 267 g/mol. The summed E-state index contributed by atoms with van der Waals surface area (Å²) in [6.45, 7) is 0.367. The van der Waals surface area contributed by atoms with Crippen LogP contribution in [0.1, 0.15) is 17.2 Å². The van der Waals surface area contributed by atoms with E-state index in [-0.39, 0.29) is 5.56 Å². The highest BCUT2D eigenvalue weighted by atomic mass is 19.4. The van der Waals surface area contributed by atoms with Gasteiger partial charge >= 0.3 is 6.18 Å². The lowest BCUT2D eigenvalue weighted by molar-refractivity contribution is -0.149. The number of benzene rings is 2. The van der Waals surface area contributed by atoms with Crippen molar-refractivity contribution < 1.29 is 17.9 Å². The maximum absolute atomic E-state index is 12.4. The van der Waals surface area contributed by atoms with Crippen LogP contribution in [0.3, 0.4) is 0 Å². The van der Waals surface area contributed by atoms with Crippen molar-refractivity contribution in [2.75, 3.05) is 0 Å². The Hall–Kier alpha value is -2.01. The van der Waals surface area contributed by atoms with Crippen LogP contribution in [-0.4, -0.2) is 6.18 Å². The zero-order valence-electron chi connectivity index (χ0n) is 10.6. The van der Waals surface area contributed by atoms with Gasteiger partial charge in [-0.3, -0.25) is 0 Å². The molecule has 0 amide bonds. The molecule has 0 spiro atoms. The summed E-state index contributed by atoms with van der Waals surface area (Å²) < 4.78 is 42.8. The van der Waals surface area contributed by atoms with Crippen LogP contribution in [0, 0.1) is 0 Å². The van der Waals surface area contributed by atoms with Gasteiger partial charge in [-0.05, 0) is 23.3 Å². The fraction of sp³-hybridized carbons (Fsp3) is 0.200. The lowest BCUT2D eigenvalue weighted by atomic mass is 10.1. The van der Waals surface area contributed by atoms with Crippen LogP contribution in [0.5, 0.6) is 5.75 Å². The van der Waals surface area contributed by atoms with Gasteiger partial charge in [-0.2, -0.15) is 13.2 Å². The van der Waals surface area contributed by atoms with E-state index in [1.165, 1.54) is 24.3 Å². The molecular formula is C15H14F3NO. The summed E-state index contributed by atoms with van der Waals surface area (Å²) in [5.41, 5.74) is 6.13. The fourth-order valence-electron chi connectivity index (χ4n) is 1.70. The normalized spacial score (nSPS) is 13.0. The molecule has 20 heavy (non-hydrogen) atoms. The highest BCUT2D eigenvalue weighted by molar-refractivity contribution is 5.30. The third kappa shape index (κ3) is 3.74. The van der Waals surface area contributed by atoms with Gasteiger partial charge in [0.1, 0.15) is 18.4 Å². The second kappa shape index (κ2) is 5.96. The largest absolute Gasteiger partial charge is 0.489 e. The number of hydrogen-bond acceptors (Lipinski definition) is 2. The zero-order valence-corrected chi connectivity index (χ0v) is 10.6. The number of alkyl halides is 3. The molecule has 0 fully saturated rings. The second-order valence-electron chi connectivity index (χ2n) is 4.36. The van der Waals surface area contributed by atoms with Crippen molar-refractivity contribution in [1.29, 1.82) is 0 Å². The van der Waals surface area contributed by atoms with Crippen molar-refractivity contribution >= 4 is 0 Å². The first-order valence-corrected chi connectivity index (χ1v) is 6.06. The summed E-state index contributed by atoms with van der Waals surface area (Å²) >= 11 is 0. The van der Waals surface area contributed by atoms with Crippen LogP contribution >= 0.6 is 0 Å². The van der Waals surface area contributed by atoms with E-state index in [0.29, 0.717) is 12.4 Å². The fourth-order valence-corrected chi connectivity index (χ4v) is 1.70. The predicted molar refractivity (Wildman–Crippen MR) is 70.2 cm³/mol. The number of nitrogens with two attached hydrogens (primary N) is 1. The minimum absolute atomic E-state index is 0.0181. The van der Waals surface area contributed by atoms with Crippen molar-refractivity contribution in [3.63, 3.8) is 0 Å². The molecule has 2 nitrogen and oxygen atoms in total. The monoisotopic (exact) mass is 281 g/mol. The van der Waals surface area contributed by atoms with Crippen molar-refractivity contribution in [2.45, 2.75) is 18.8 Å². The minimum Gasteiger partial charge on any atom is -0.489 e. The lowest BCUT2D eigenvalue weighted by Gasteiger charge is -2.16. The average molecular weight is 281 g/mol. The molecule has 0 unspecified atom stereocenters. The second-order valence-corrected chi connectivity index (χ2v) is 4.36. The molecule has 0 heterocycles. The molecule has 0 bridgehead atoms. The molecule has 0 aliphatic heterocycles. The van der Waals surface area contributed by atoms with E-state index in [0.717, 1.165) is 5.56 Å². The van der Waals surface area contributed by atoms with Gasteiger partial charge in [-0.25, -0.2) is 0 Å². The van der Waals surface area contributed by atoms with Crippen molar-refractivity contribution in [3.05, 3.63) is 65.7 Å². The molecule has 106 valence electrons. The van der Waals surface area contributed by atoms with Crippen LogP contribution < -0.4 is 10.5 Å². The smallest absolute Gasteiger partial charge is 0.407 e. The Bertz CT molecular complexity index is 537. The number of ether oxygens (including phenoxy) is 1. The molecule has 1 atom stereocenters. The van der Waals surface area contributed by atoms with Gasteiger partial charge in [0.25, 0.3) is 0 Å². The molecule has 0 saturated heterocycles. The molecule has 0 aliphatic rings. The van der Waals surface area contributed by atoms with Crippen LogP contribution in [0.25, 0.3) is 0 Å². The van der Waals surface area contributed by atoms with E-state index in [2.05, 4.69) is 0 Å². The number of halogens is 3. The quantitative estimate of drug-likeness (QED) is 0.924. The van der Waals surface area contributed by atoms with E-state index in [1.54, 1.807) is 0 Å². The van der Waals surface area contributed by atoms with Crippen LogP contribution in [0.2, 0.25) is 0 Å². The lowest BCUT2D eigenvalue weighted by Crippen LogP contribution is -2.28. The summed E-state index contributed by atoms with van der Waals surface area (Å²) in [5, 5.41) is 0. The van der Waals surface area contributed by atoms with Crippen molar-refractivity contribution in [3.8, 4) is 5.75 Å². The highest BCUT2D eigenvalue weighted by Crippen LogP contribution is 2.31. The molecule has 2 aromatic carbocycles. The van der Waals surface area contributed by atoms with Crippen LogP contribution in [-0.2, 0) is 6.61 Å². The third-order valence-corrected chi connectivity index (χ3v) is 2.84.